The van der Waals surface area contributed by atoms with E-state index in [1.807, 2.05) is 6.07 Å². The Morgan fingerprint density at radius 1 is 1.19 bits per heavy atom. The van der Waals surface area contributed by atoms with Crippen molar-refractivity contribution in [3.05, 3.63) is 47.5 Å². The third-order valence-corrected chi connectivity index (χ3v) is 10.9. The lowest BCUT2D eigenvalue weighted by Gasteiger charge is -2.67. The van der Waals surface area contributed by atoms with Crippen LogP contribution in [0.2, 0.25) is 0 Å². The van der Waals surface area contributed by atoms with Gasteiger partial charge in [-0.1, -0.05) is 13.0 Å². The number of hydrogen-bond donors (Lipinski definition) is 1. The maximum atomic E-state index is 13.8. The minimum Gasteiger partial charge on any atom is -0.504 e. The Kier molecular flexibility index (Phi) is 4.29. The molecule has 2 spiro atoms. The molecule has 7 nitrogen and oxygen atoms in total. The van der Waals surface area contributed by atoms with E-state index >= 15 is 0 Å². The summed E-state index contributed by atoms with van der Waals surface area (Å²) >= 11 is 0. The average molecular weight is 487 g/mol. The van der Waals surface area contributed by atoms with E-state index in [0.29, 0.717) is 23.5 Å². The van der Waals surface area contributed by atoms with E-state index in [1.165, 1.54) is 30.5 Å². The highest BCUT2D eigenvalue weighted by Crippen LogP contribution is 2.72. The molecule has 4 bridgehead atoms. The first kappa shape index (κ1) is 21.4. The number of carbonyl (C=O) groups is 1. The molecule has 1 amide bonds. The largest absolute Gasteiger partial charge is 0.504 e. The van der Waals surface area contributed by atoms with Gasteiger partial charge >= 0.3 is 0 Å². The predicted octanol–water partition coefficient (Wildman–Crippen LogP) is 3.09. The van der Waals surface area contributed by atoms with Gasteiger partial charge in [-0.25, -0.2) is 9.97 Å². The fraction of sp³-hybridized carbons (Fsp3) is 0.621. The Morgan fingerprint density at radius 2 is 2.03 bits per heavy atom. The normalized spacial score (nSPS) is 37.9. The molecule has 4 aliphatic heterocycles. The van der Waals surface area contributed by atoms with Crippen LogP contribution in [0.25, 0.3) is 0 Å². The van der Waals surface area contributed by atoms with Crippen molar-refractivity contribution in [3.8, 4) is 11.5 Å². The first-order valence-electron chi connectivity index (χ1n) is 13.8. The van der Waals surface area contributed by atoms with Gasteiger partial charge in [0, 0.05) is 47.9 Å². The molecule has 5 heterocycles. The van der Waals surface area contributed by atoms with E-state index in [0.717, 1.165) is 44.7 Å². The lowest BCUT2D eigenvalue weighted by molar-refractivity contribution is -0.151. The molecule has 6 atom stereocenters. The number of aromatic hydroxyl groups is 1. The minimum atomic E-state index is -0.139. The zero-order valence-electron chi connectivity index (χ0n) is 20.9. The van der Waals surface area contributed by atoms with Gasteiger partial charge in [-0.2, -0.15) is 0 Å². The molecule has 7 aliphatic rings. The number of benzene rings is 1. The van der Waals surface area contributed by atoms with Crippen LogP contribution in [0.1, 0.15) is 56.0 Å². The van der Waals surface area contributed by atoms with Gasteiger partial charge in [0.25, 0.3) is 0 Å². The van der Waals surface area contributed by atoms with Gasteiger partial charge in [0.1, 0.15) is 11.9 Å². The Bertz CT molecular complexity index is 1250. The molecule has 5 fully saturated rings. The molecule has 3 aliphatic carbocycles. The Morgan fingerprint density at radius 3 is 2.83 bits per heavy atom. The van der Waals surface area contributed by atoms with E-state index in [-0.39, 0.29) is 41.1 Å². The van der Waals surface area contributed by atoms with Crippen LogP contribution in [0.5, 0.6) is 11.5 Å². The molecule has 1 aromatic carbocycles. The lowest BCUT2D eigenvalue weighted by atomic mass is 9.40. The van der Waals surface area contributed by atoms with Crippen LogP contribution in [0.4, 0.5) is 0 Å². The van der Waals surface area contributed by atoms with Gasteiger partial charge in [0.05, 0.1) is 12.5 Å². The zero-order valence-corrected chi connectivity index (χ0v) is 20.9. The number of fused-ring (bicyclic) bond motifs is 3. The van der Waals surface area contributed by atoms with Gasteiger partial charge in [0.2, 0.25) is 5.91 Å². The fourth-order valence-corrected chi connectivity index (χ4v) is 9.43. The predicted molar refractivity (Wildman–Crippen MR) is 133 cm³/mol. The van der Waals surface area contributed by atoms with Crippen molar-refractivity contribution in [2.45, 2.75) is 75.5 Å². The number of amides is 1. The topological polar surface area (TPSA) is 78.8 Å². The third kappa shape index (κ3) is 2.55. The van der Waals surface area contributed by atoms with Crippen LogP contribution >= 0.6 is 0 Å². The SMILES string of the molecule is CC1CN(C(=O)Cc2ncccn2)[C@@H]2CC[C@]13[C@H]1Cc4ccc(O)c5c4[C@@]3(CCN1CC1CC1)[C@H]2O5. The number of hydrogen-bond acceptors (Lipinski definition) is 6. The quantitative estimate of drug-likeness (QED) is 0.716. The molecule has 3 saturated heterocycles. The van der Waals surface area contributed by atoms with Gasteiger partial charge in [-0.15, -0.1) is 0 Å². The summed E-state index contributed by atoms with van der Waals surface area (Å²) in [5, 5.41) is 11.0. The van der Waals surface area contributed by atoms with Gasteiger partial charge in [0.15, 0.2) is 11.5 Å². The first-order valence-corrected chi connectivity index (χ1v) is 13.8. The summed E-state index contributed by atoms with van der Waals surface area (Å²) in [6.07, 6.45) is 10.4. The molecule has 2 aromatic rings. The molecule has 36 heavy (non-hydrogen) atoms. The summed E-state index contributed by atoms with van der Waals surface area (Å²) in [6.45, 7) is 5.45. The van der Waals surface area contributed by atoms with E-state index in [4.69, 9.17) is 4.74 Å². The van der Waals surface area contributed by atoms with E-state index < -0.39 is 0 Å². The second kappa shape index (κ2) is 7.21. The summed E-state index contributed by atoms with van der Waals surface area (Å²) in [5.74, 6) is 2.82. The van der Waals surface area contributed by atoms with E-state index in [1.54, 1.807) is 18.5 Å². The number of aromatic nitrogens is 2. The van der Waals surface area contributed by atoms with Crippen molar-refractivity contribution in [1.82, 2.24) is 19.8 Å². The molecule has 1 N–H and O–H groups in total. The van der Waals surface area contributed by atoms with Crippen LogP contribution in [-0.2, 0) is 23.1 Å². The van der Waals surface area contributed by atoms with Crippen LogP contribution in [0.3, 0.4) is 0 Å². The zero-order chi connectivity index (χ0) is 24.2. The Labute approximate surface area is 211 Å². The number of ether oxygens (including phenoxy) is 1. The summed E-state index contributed by atoms with van der Waals surface area (Å²) in [7, 11) is 0. The highest BCUT2D eigenvalue weighted by atomic mass is 16.5. The molecule has 1 unspecified atom stereocenters. The maximum Gasteiger partial charge on any atom is 0.230 e. The molecule has 7 heteroatoms. The summed E-state index contributed by atoms with van der Waals surface area (Å²) in [5.41, 5.74) is 2.55. The number of phenols is 1. The van der Waals surface area contributed by atoms with Crippen molar-refractivity contribution in [2.75, 3.05) is 19.6 Å². The highest BCUT2D eigenvalue weighted by Gasteiger charge is 2.76. The summed E-state index contributed by atoms with van der Waals surface area (Å²) < 4.78 is 6.83. The molecule has 1 aromatic heterocycles. The number of rotatable bonds is 4. The minimum absolute atomic E-state index is 0.00710. The lowest BCUT2D eigenvalue weighted by Crippen LogP contribution is -2.74. The molecular weight excluding hydrogens is 452 g/mol. The first-order chi connectivity index (χ1) is 17.5. The van der Waals surface area contributed by atoms with Crippen molar-refractivity contribution < 1.29 is 14.6 Å². The second-order valence-corrected chi connectivity index (χ2v) is 12.3. The van der Waals surface area contributed by atoms with E-state index in [9.17, 15) is 9.90 Å². The molecular formula is C29H34N4O3. The van der Waals surface area contributed by atoms with Crippen molar-refractivity contribution in [1.29, 1.82) is 0 Å². The Hall–Kier alpha value is -2.67. The molecule has 0 radical (unpaired) electrons. The van der Waals surface area contributed by atoms with Gasteiger partial charge < -0.3 is 14.7 Å². The number of nitrogens with zero attached hydrogens (tertiary/aromatic N) is 4. The maximum absolute atomic E-state index is 13.8. The highest BCUT2D eigenvalue weighted by molar-refractivity contribution is 5.79. The monoisotopic (exact) mass is 486 g/mol. The van der Waals surface area contributed by atoms with Crippen LogP contribution < -0.4 is 4.74 Å². The Balaban J connectivity index is 1.27. The number of carbonyl (C=O) groups excluding carboxylic acids is 1. The summed E-state index contributed by atoms with van der Waals surface area (Å²) in [4.78, 5) is 27.4. The number of phenolic OH excluding ortho intramolecular Hbond substituents is 1. The van der Waals surface area contributed by atoms with E-state index in [2.05, 4.69) is 32.8 Å². The molecule has 9 rings (SSSR count). The van der Waals surface area contributed by atoms with Crippen molar-refractivity contribution >= 4 is 5.91 Å². The number of likely N-dealkylation sites (tertiary alicyclic amines) is 1. The van der Waals surface area contributed by atoms with Crippen LogP contribution in [0, 0.1) is 17.3 Å². The number of piperidine rings is 1. The summed E-state index contributed by atoms with van der Waals surface area (Å²) in [6, 6.07) is 6.24. The van der Waals surface area contributed by atoms with Crippen molar-refractivity contribution in [2.24, 2.45) is 17.3 Å². The standard InChI is InChI=1S/C29H34N4O3/c1-17-15-33(24(35)14-23-30-10-2-11-31-23)20-7-8-28(17)22-13-19-5-6-21(34)26-25(19)29(28,27(20)36-26)9-12-32(22)16-18-3-4-18/h2,5-6,10-11,17-18,20,22,27,34H,3-4,7-9,12-16H2,1H3/t17?,20-,22-,27+,28-,29+/m1/s1. The smallest absolute Gasteiger partial charge is 0.230 e. The second-order valence-electron chi connectivity index (χ2n) is 12.3. The molecule has 188 valence electrons. The van der Waals surface area contributed by atoms with Crippen LogP contribution in [-0.4, -0.2) is 68.6 Å². The third-order valence-electron chi connectivity index (χ3n) is 10.9. The van der Waals surface area contributed by atoms with Gasteiger partial charge in [-0.05, 0) is 74.6 Å². The van der Waals surface area contributed by atoms with Gasteiger partial charge in [-0.3, -0.25) is 9.69 Å². The van der Waals surface area contributed by atoms with Crippen molar-refractivity contribution in [3.63, 3.8) is 0 Å². The fourth-order valence-electron chi connectivity index (χ4n) is 9.43. The average Bonchev–Trinajstić information content (AvgIpc) is 3.66. The van der Waals surface area contributed by atoms with Crippen LogP contribution in [0.15, 0.2) is 30.6 Å². The molecule has 2 saturated carbocycles.